The normalized spacial score (nSPS) is 18.9. The van der Waals surface area contributed by atoms with Gasteiger partial charge in [-0.1, -0.05) is 25.0 Å². The van der Waals surface area contributed by atoms with Gasteiger partial charge < -0.3 is 15.8 Å². The Bertz CT molecular complexity index is 436. The van der Waals surface area contributed by atoms with Gasteiger partial charge in [0, 0.05) is 0 Å². The maximum absolute atomic E-state index is 12.2. The molecule has 1 saturated carbocycles. The fraction of sp³-hybridized carbons (Fsp3) is 0.533. The first-order chi connectivity index (χ1) is 9.05. The molecule has 1 unspecified atom stereocenters. The van der Waals surface area contributed by atoms with Crippen LogP contribution in [0.15, 0.2) is 24.3 Å². The Balaban J connectivity index is 1.99. The summed E-state index contributed by atoms with van der Waals surface area (Å²) in [6.07, 6.45) is 3.66. The third-order valence-corrected chi connectivity index (χ3v) is 3.91. The molecule has 4 nitrogen and oxygen atoms in total. The Hall–Kier alpha value is -1.55. The third-order valence-electron chi connectivity index (χ3n) is 3.91. The fourth-order valence-electron chi connectivity index (χ4n) is 2.55. The number of hydrogen-bond acceptors (Lipinski definition) is 3. The van der Waals surface area contributed by atoms with E-state index in [-0.39, 0.29) is 11.9 Å². The quantitative estimate of drug-likeness (QED) is 0.873. The van der Waals surface area contributed by atoms with Crippen molar-refractivity contribution in [3.63, 3.8) is 0 Å². The standard InChI is InChI=1S/C15H22N2O2/c1-11(12-5-7-13(19-2)8-6-12)17-14(18)15(16)9-3-4-10-15/h5-8,11H,3-4,9-10,16H2,1-2H3,(H,17,18). The predicted octanol–water partition coefficient (Wildman–Crippen LogP) is 2.14. The van der Waals surface area contributed by atoms with E-state index >= 15 is 0 Å². The third kappa shape index (κ3) is 3.07. The highest BCUT2D eigenvalue weighted by atomic mass is 16.5. The zero-order valence-corrected chi connectivity index (χ0v) is 11.6. The van der Waals surface area contributed by atoms with Crippen molar-refractivity contribution >= 4 is 5.91 Å². The summed E-state index contributed by atoms with van der Waals surface area (Å²) in [7, 11) is 1.64. The van der Waals surface area contributed by atoms with Crippen molar-refractivity contribution in [2.45, 2.75) is 44.2 Å². The van der Waals surface area contributed by atoms with Crippen molar-refractivity contribution < 1.29 is 9.53 Å². The van der Waals surface area contributed by atoms with Gasteiger partial charge >= 0.3 is 0 Å². The molecule has 4 heteroatoms. The first-order valence-electron chi connectivity index (χ1n) is 6.79. The summed E-state index contributed by atoms with van der Waals surface area (Å²) in [5.74, 6) is 0.779. The molecule has 1 aromatic carbocycles. The van der Waals surface area contributed by atoms with Crippen LogP contribution in [-0.4, -0.2) is 18.6 Å². The van der Waals surface area contributed by atoms with Crippen molar-refractivity contribution in [3.8, 4) is 5.75 Å². The van der Waals surface area contributed by atoms with Gasteiger partial charge in [0.1, 0.15) is 5.75 Å². The van der Waals surface area contributed by atoms with E-state index < -0.39 is 5.54 Å². The summed E-state index contributed by atoms with van der Waals surface area (Å²) in [6, 6.07) is 7.67. The molecule has 0 bridgehead atoms. The second kappa shape index (κ2) is 5.61. The van der Waals surface area contributed by atoms with E-state index in [1.165, 1.54) is 0 Å². The van der Waals surface area contributed by atoms with Gasteiger partial charge in [0.25, 0.3) is 0 Å². The van der Waals surface area contributed by atoms with Crippen molar-refractivity contribution in [1.82, 2.24) is 5.32 Å². The lowest BCUT2D eigenvalue weighted by Crippen LogP contribution is -2.52. The minimum Gasteiger partial charge on any atom is -0.497 e. The highest BCUT2D eigenvalue weighted by Gasteiger charge is 2.37. The van der Waals surface area contributed by atoms with Gasteiger partial charge in [-0.3, -0.25) is 4.79 Å². The van der Waals surface area contributed by atoms with Crippen LogP contribution < -0.4 is 15.8 Å². The minimum absolute atomic E-state index is 0.0340. The van der Waals surface area contributed by atoms with Crippen molar-refractivity contribution in [3.05, 3.63) is 29.8 Å². The summed E-state index contributed by atoms with van der Waals surface area (Å²) in [4.78, 5) is 12.2. The number of rotatable bonds is 4. The number of hydrogen-bond donors (Lipinski definition) is 2. The van der Waals surface area contributed by atoms with Gasteiger partial charge in [0.2, 0.25) is 5.91 Å². The van der Waals surface area contributed by atoms with Crippen LogP contribution in [0.5, 0.6) is 5.75 Å². The van der Waals surface area contributed by atoms with E-state index in [1.807, 2.05) is 31.2 Å². The molecule has 104 valence electrons. The monoisotopic (exact) mass is 262 g/mol. The summed E-state index contributed by atoms with van der Waals surface area (Å²) < 4.78 is 5.12. The molecule has 1 aliphatic carbocycles. The maximum Gasteiger partial charge on any atom is 0.240 e. The number of methoxy groups -OCH3 is 1. The van der Waals surface area contributed by atoms with Crippen molar-refractivity contribution in [2.24, 2.45) is 5.73 Å². The average Bonchev–Trinajstić information content (AvgIpc) is 2.87. The zero-order chi connectivity index (χ0) is 13.9. The molecular formula is C15H22N2O2. The second-order valence-corrected chi connectivity index (χ2v) is 5.33. The minimum atomic E-state index is -0.666. The summed E-state index contributed by atoms with van der Waals surface area (Å²) >= 11 is 0. The van der Waals surface area contributed by atoms with Crippen LogP contribution in [0.1, 0.15) is 44.2 Å². The van der Waals surface area contributed by atoms with Crippen LogP contribution in [0.25, 0.3) is 0 Å². The molecule has 1 atom stereocenters. The molecule has 1 aliphatic rings. The molecule has 0 aliphatic heterocycles. The molecule has 0 aromatic heterocycles. The van der Waals surface area contributed by atoms with Crippen LogP contribution in [0.3, 0.4) is 0 Å². The number of nitrogens with one attached hydrogen (secondary N) is 1. The maximum atomic E-state index is 12.2. The molecule has 1 aromatic rings. The Morgan fingerprint density at radius 1 is 1.32 bits per heavy atom. The molecule has 1 fully saturated rings. The van der Waals surface area contributed by atoms with Gasteiger partial charge in [-0.15, -0.1) is 0 Å². The molecule has 3 N–H and O–H groups in total. The van der Waals surface area contributed by atoms with Crippen molar-refractivity contribution in [1.29, 1.82) is 0 Å². The van der Waals surface area contributed by atoms with Crippen LogP contribution >= 0.6 is 0 Å². The van der Waals surface area contributed by atoms with Crippen LogP contribution in [0.4, 0.5) is 0 Å². The molecule has 0 spiro atoms. The lowest BCUT2D eigenvalue weighted by Gasteiger charge is -2.25. The number of carbonyl (C=O) groups excluding carboxylic acids is 1. The van der Waals surface area contributed by atoms with Gasteiger partial charge in [-0.05, 0) is 37.5 Å². The number of benzene rings is 1. The molecule has 0 radical (unpaired) electrons. The molecule has 2 rings (SSSR count). The topological polar surface area (TPSA) is 64.3 Å². The zero-order valence-electron chi connectivity index (χ0n) is 11.6. The van der Waals surface area contributed by atoms with Crippen molar-refractivity contribution in [2.75, 3.05) is 7.11 Å². The summed E-state index contributed by atoms with van der Waals surface area (Å²) in [5.41, 5.74) is 6.53. The van der Waals surface area contributed by atoms with E-state index in [1.54, 1.807) is 7.11 Å². The Kier molecular flexibility index (Phi) is 4.10. The van der Waals surface area contributed by atoms with E-state index in [9.17, 15) is 4.79 Å². The summed E-state index contributed by atoms with van der Waals surface area (Å²) in [6.45, 7) is 1.97. The summed E-state index contributed by atoms with van der Waals surface area (Å²) in [5, 5.41) is 3.01. The smallest absolute Gasteiger partial charge is 0.240 e. The molecule has 0 saturated heterocycles. The lowest BCUT2D eigenvalue weighted by molar-refractivity contribution is -0.126. The van der Waals surface area contributed by atoms with E-state index in [4.69, 9.17) is 10.5 Å². The SMILES string of the molecule is COc1ccc(C(C)NC(=O)C2(N)CCCC2)cc1. The number of amides is 1. The molecule has 19 heavy (non-hydrogen) atoms. The number of nitrogens with two attached hydrogens (primary N) is 1. The largest absolute Gasteiger partial charge is 0.497 e. The van der Waals surface area contributed by atoms with Crippen LogP contribution in [0.2, 0.25) is 0 Å². The fourth-order valence-corrected chi connectivity index (χ4v) is 2.55. The van der Waals surface area contributed by atoms with Gasteiger partial charge in [-0.25, -0.2) is 0 Å². The van der Waals surface area contributed by atoms with Crippen LogP contribution in [0, 0.1) is 0 Å². The Morgan fingerprint density at radius 2 is 1.89 bits per heavy atom. The van der Waals surface area contributed by atoms with Gasteiger partial charge in [-0.2, -0.15) is 0 Å². The van der Waals surface area contributed by atoms with Crippen LogP contribution in [-0.2, 0) is 4.79 Å². The van der Waals surface area contributed by atoms with E-state index in [0.29, 0.717) is 0 Å². The Morgan fingerprint density at radius 3 is 2.42 bits per heavy atom. The molecule has 0 heterocycles. The number of ether oxygens (including phenoxy) is 1. The average molecular weight is 262 g/mol. The van der Waals surface area contributed by atoms with Gasteiger partial charge in [0.05, 0.1) is 18.7 Å². The lowest BCUT2D eigenvalue weighted by atomic mass is 9.97. The first kappa shape index (κ1) is 13.9. The first-order valence-corrected chi connectivity index (χ1v) is 6.79. The van der Waals surface area contributed by atoms with E-state index in [2.05, 4.69) is 5.32 Å². The highest BCUT2D eigenvalue weighted by Crippen LogP contribution is 2.28. The predicted molar refractivity (Wildman–Crippen MR) is 74.9 cm³/mol. The highest BCUT2D eigenvalue weighted by molar-refractivity contribution is 5.86. The molecular weight excluding hydrogens is 240 g/mol. The number of carbonyl (C=O) groups is 1. The van der Waals surface area contributed by atoms with Gasteiger partial charge in [0.15, 0.2) is 0 Å². The van der Waals surface area contributed by atoms with E-state index in [0.717, 1.165) is 37.0 Å². The Labute approximate surface area is 114 Å². The second-order valence-electron chi connectivity index (χ2n) is 5.33. The molecule has 1 amide bonds.